The molecule has 0 aliphatic heterocycles. The first-order chi connectivity index (χ1) is 11.2. The van der Waals surface area contributed by atoms with E-state index in [0.29, 0.717) is 20.3 Å². The molecule has 9 nitrogen and oxygen atoms in total. The predicted octanol–water partition coefficient (Wildman–Crippen LogP) is 1.49. The SMILES string of the molecule is Cc1ccc2cc(S(=O)(=O)n3cc(O)[nH]c3=O)ccc2c1[N+](=O)[O-]. The van der Waals surface area contributed by atoms with Gasteiger partial charge in [-0.2, -0.15) is 3.97 Å². The number of nitro benzene ring substituents is 1. The van der Waals surface area contributed by atoms with Crippen molar-refractivity contribution in [3.8, 4) is 5.88 Å². The number of benzene rings is 2. The topological polar surface area (TPSA) is 135 Å². The molecule has 0 amide bonds. The molecule has 0 aliphatic rings. The van der Waals surface area contributed by atoms with E-state index in [0.717, 1.165) is 6.20 Å². The third-order valence-corrected chi connectivity index (χ3v) is 5.22. The molecule has 3 aromatic rings. The second kappa shape index (κ2) is 5.20. The van der Waals surface area contributed by atoms with E-state index in [9.17, 15) is 28.4 Å². The van der Waals surface area contributed by atoms with Gasteiger partial charge >= 0.3 is 5.69 Å². The molecule has 0 bridgehead atoms. The van der Waals surface area contributed by atoms with E-state index in [2.05, 4.69) is 0 Å². The van der Waals surface area contributed by atoms with Crippen molar-refractivity contribution in [3.63, 3.8) is 0 Å². The van der Waals surface area contributed by atoms with Crippen molar-refractivity contribution in [1.29, 1.82) is 0 Å². The van der Waals surface area contributed by atoms with Crippen LogP contribution >= 0.6 is 0 Å². The number of hydrogen-bond donors (Lipinski definition) is 2. The van der Waals surface area contributed by atoms with Gasteiger partial charge in [0, 0.05) is 5.56 Å². The molecular weight excluding hydrogens is 338 g/mol. The van der Waals surface area contributed by atoms with Gasteiger partial charge in [0.2, 0.25) is 5.88 Å². The maximum Gasteiger partial charge on any atom is 0.342 e. The van der Waals surface area contributed by atoms with E-state index in [1.165, 1.54) is 24.3 Å². The highest BCUT2D eigenvalue weighted by atomic mass is 32.2. The Morgan fingerprint density at radius 3 is 2.54 bits per heavy atom. The highest BCUT2D eigenvalue weighted by molar-refractivity contribution is 7.90. The zero-order valence-electron chi connectivity index (χ0n) is 12.3. The van der Waals surface area contributed by atoms with Gasteiger partial charge in [0.25, 0.3) is 15.7 Å². The molecule has 0 saturated heterocycles. The van der Waals surface area contributed by atoms with Gasteiger partial charge in [-0.15, -0.1) is 0 Å². The minimum atomic E-state index is -4.24. The molecule has 10 heteroatoms. The van der Waals surface area contributed by atoms with Crippen LogP contribution in [0.1, 0.15) is 5.56 Å². The molecule has 0 saturated carbocycles. The quantitative estimate of drug-likeness (QED) is 0.543. The number of H-pyrrole nitrogens is 1. The maximum absolute atomic E-state index is 12.5. The smallest absolute Gasteiger partial charge is 0.342 e. The van der Waals surface area contributed by atoms with Crippen LogP contribution in [-0.2, 0) is 10.0 Å². The standard InChI is InChI=1S/C14H11N3O6S/c1-8-2-3-9-6-10(4-5-11(9)13(8)17(20)21)24(22,23)16-7-12(18)15-14(16)19/h2-7,18H,1H3,(H,15,19). The number of fused-ring (bicyclic) bond motifs is 1. The van der Waals surface area contributed by atoms with E-state index in [1.54, 1.807) is 13.0 Å². The lowest BCUT2D eigenvalue weighted by Gasteiger charge is -2.07. The Balaban J connectivity index is 2.26. The zero-order chi connectivity index (χ0) is 17.6. The summed E-state index contributed by atoms with van der Waals surface area (Å²) in [7, 11) is -4.24. The van der Waals surface area contributed by atoms with Crippen LogP contribution in [0.4, 0.5) is 5.69 Å². The molecule has 1 heterocycles. The summed E-state index contributed by atoms with van der Waals surface area (Å²) in [5.41, 5.74) is -0.662. The summed E-state index contributed by atoms with van der Waals surface area (Å²) < 4.78 is 25.4. The van der Waals surface area contributed by atoms with E-state index in [4.69, 9.17) is 0 Å². The molecule has 0 atom stereocenters. The van der Waals surface area contributed by atoms with Crippen molar-refractivity contribution in [1.82, 2.24) is 8.96 Å². The van der Waals surface area contributed by atoms with Crippen molar-refractivity contribution in [3.05, 3.63) is 62.7 Å². The normalized spacial score (nSPS) is 11.7. The summed E-state index contributed by atoms with van der Waals surface area (Å²) in [6.45, 7) is 1.59. The number of hydrogen-bond acceptors (Lipinski definition) is 6. The van der Waals surface area contributed by atoms with Crippen molar-refractivity contribution >= 4 is 26.5 Å². The van der Waals surface area contributed by atoms with Crippen LogP contribution in [0, 0.1) is 17.0 Å². The fourth-order valence-electron chi connectivity index (χ4n) is 2.46. The van der Waals surface area contributed by atoms with Crippen molar-refractivity contribution in [2.75, 3.05) is 0 Å². The van der Waals surface area contributed by atoms with E-state index in [-0.39, 0.29) is 10.6 Å². The van der Waals surface area contributed by atoms with Gasteiger partial charge in [0.15, 0.2) is 0 Å². The van der Waals surface area contributed by atoms with Crippen molar-refractivity contribution < 1.29 is 18.4 Å². The average molecular weight is 349 g/mol. The first-order valence-corrected chi connectivity index (χ1v) is 8.10. The molecule has 3 rings (SSSR count). The van der Waals surface area contributed by atoms with Gasteiger partial charge in [0.05, 0.1) is 21.4 Å². The summed E-state index contributed by atoms with van der Waals surface area (Å²) in [5.74, 6) is -0.587. The van der Waals surface area contributed by atoms with Crippen LogP contribution in [0.25, 0.3) is 10.8 Å². The molecule has 0 radical (unpaired) electrons. The summed E-state index contributed by atoms with van der Waals surface area (Å²) in [4.78, 5) is 24.0. The lowest BCUT2D eigenvalue weighted by atomic mass is 10.1. The Morgan fingerprint density at radius 2 is 1.96 bits per heavy atom. The molecule has 0 spiro atoms. The maximum atomic E-state index is 12.5. The van der Waals surface area contributed by atoms with Gasteiger partial charge in [-0.25, -0.2) is 13.2 Å². The molecular formula is C14H11N3O6S. The van der Waals surface area contributed by atoms with Crippen LogP contribution in [0.5, 0.6) is 5.88 Å². The summed E-state index contributed by atoms with van der Waals surface area (Å²) >= 11 is 0. The summed E-state index contributed by atoms with van der Waals surface area (Å²) in [6.07, 6.45) is 0.749. The van der Waals surface area contributed by atoms with Crippen LogP contribution in [-0.4, -0.2) is 27.4 Å². The Hall–Kier alpha value is -3.14. The van der Waals surface area contributed by atoms with E-state index < -0.39 is 26.5 Å². The monoisotopic (exact) mass is 349 g/mol. The molecule has 2 aromatic carbocycles. The second-order valence-corrected chi connectivity index (χ2v) is 6.93. The third-order valence-electron chi connectivity index (χ3n) is 3.58. The Labute approximate surface area is 135 Å². The Kier molecular flexibility index (Phi) is 3.41. The lowest BCUT2D eigenvalue weighted by molar-refractivity contribution is -0.383. The van der Waals surface area contributed by atoms with Gasteiger partial charge < -0.3 is 5.11 Å². The van der Waals surface area contributed by atoms with Crippen LogP contribution < -0.4 is 5.69 Å². The molecule has 2 N–H and O–H groups in total. The van der Waals surface area contributed by atoms with Crippen molar-refractivity contribution in [2.24, 2.45) is 0 Å². The first kappa shape index (κ1) is 15.7. The number of nitrogens with zero attached hydrogens (tertiary/aromatic N) is 2. The number of nitrogens with one attached hydrogen (secondary N) is 1. The number of aromatic nitrogens is 2. The predicted molar refractivity (Wildman–Crippen MR) is 84.6 cm³/mol. The molecule has 1 aromatic heterocycles. The molecule has 124 valence electrons. The average Bonchev–Trinajstić information content (AvgIpc) is 2.85. The van der Waals surface area contributed by atoms with Crippen molar-refractivity contribution in [2.45, 2.75) is 11.8 Å². The molecule has 0 fully saturated rings. The highest BCUT2D eigenvalue weighted by Gasteiger charge is 2.22. The molecule has 0 unspecified atom stereocenters. The Bertz CT molecular complexity index is 1140. The first-order valence-electron chi connectivity index (χ1n) is 6.66. The second-order valence-electron chi connectivity index (χ2n) is 5.12. The number of imidazole rings is 1. The van der Waals surface area contributed by atoms with Gasteiger partial charge in [-0.3, -0.25) is 15.1 Å². The van der Waals surface area contributed by atoms with E-state index in [1.807, 2.05) is 4.98 Å². The zero-order valence-corrected chi connectivity index (χ0v) is 13.1. The molecule has 24 heavy (non-hydrogen) atoms. The van der Waals surface area contributed by atoms with Crippen LogP contribution in [0.15, 0.2) is 46.2 Å². The summed E-state index contributed by atoms with van der Waals surface area (Å²) in [6, 6.07) is 6.83. The largest absolute Gasteiger partial charge is 0.493 e. The fourth-order valence-corrected chi connectivity index (χ4v) is 3.71. The van der Waals surface area contributed by atoms with Crippen LogP contribution in [0.2, 0.25) is 0 Å². The number of aromatic hydroxyl groups is 1. The minimum Gasteiger partial charge on any atom is -0.493 e. The van der Waals surface area contributed by atoms with Gasteiger partial charge in [-0.05, 0) is 30.5 Å². The number of rotatable bonds is 3. The van der Waals surface area contributed by atoms with Gasteiger partial charge in [0.1, 0.15) is 0 Å². The molecule has 0 aliphatic carbocycles. The minimum absolute atomic E-state index is 0.104. The summed E-state index contributed by atoms with van der Waals surface area (Å²) in [5, 5.41) is 21.1. The van der Waals surface area contributed by atoms with Crippen LogP contribution in [0.3, 0.4) is 0 Å². The number of aromatic amines is 1. The number of nitro groups is 1. The van der Waals surface area contributed by atoms with Gasteiger partial charge in [-0.1, -0.05) is 12.1 Å². The highest BCUT2D eigenvalue weighted by Crippen LogP contribution is 2.31. The third kappa shape index (κ3) is 2.33. The lowest BCUT2D eigenvalue weighted by Crippen LogP contribution is -2.24. The van der Waals surface area contributed by atoms with E-state index >= 15 is 0 Å². The Morgan fingerprint density at radius 1 is 1.25 bits per heavy atom. The number of aryl methyl sites for hydroxylation is 1. The fraction of sp³-hybridized carbons (Fsp3) is 0.0714.